The first-order valence-electron chi connectivity index (χ1n) is 8.71. The van der Waals surface area contributed by atoms with E-state index >= 15 is 0 Å². The molecule has 1 N–H and O–H groups in total. The number of carbonyl (C=O) groups excluding carboxylic acids is 1. The van der Waals surface area contributed by atoms with E-state index in [1.165, 1.54) is 12.8 Å². The molecule has 0 radical (unpaired) electrons. The van der Waals surface area contributed by atoms with Crippen LogP contribution in [-0.4, -0.2) is 37.6 Å². The molecule has 1 aliphatic carbocycles. The first-order chi connectivity index (χ1) is 11.4. The van der Waals surface area contributed by atoms with Gasteiger partial charge in [0, 0.05) is 22.6 Å². The highest BCUT2D eigenvalue weighted by Crippen LogP contribution is 2.29. The summed E-state index contributed by atoms with van der Waals surface area (Å²) in [6, 6.07) is 6.26. The molecule has 1 aromatic rings. The van der Waals surface area contributed by atoms with E-state index in [-0.39, 0.29) is 5.91 Å². The molecule has 1 aromatic carbocycles. The highest BCUT2D eigenvalue weighted by Gasteiger charge is 2.28. The van der Waals surface area contributed by atoms with E-state index in [0.717, 1.165) is 22.2 Å². The maximum absolute atomic E-state index is 12.4. The third-order valence-electron chi connectivity index (χ3n) is 5.15. The number of methoxy groups -OCH3 is 1. The number of nitrogens with one attached hydrogen (secondary N) is 1. The molecule has 0 spiro atoms. The summed E-state index contributed by atoms with van der Waals surface area (Å²) in [5.74, 6) is 2.20. The van der Waals surface area contributed by atoms with Gasteiger partial charge >= 0.3 is 0 Å². The molecule has 2 rings (SSSR count). The molecule has 3 atom stereocenters. The van der Waals surface area contributed by atoms with Crippen molar-refractivity contribution in [3.63, 3.8) is 0 Å². The predicted octanol–water partition coefficient (Wildman–Crippen LogP) is 3.83. The fourth-order valence-corrected chi connectivity index (χ4v) is 3.91. The molecule has 1 amide bonds. The fourth-order valence-electron chi connectivity index (χ4n) is 3.50. The Balaban J connectivity index is 1.89. The number of halogens is 1. The van der Waals surface area contributed by atoms with Gasteiger partial charge in [0.15, 0.2) is 0 Å². The van der Waals surface area contributed by atoms with E-state index in [9.17, 15) is 4.79 Å². The predicted molar refractivity (Wildman–Crippen MR) is 101 cm³/mol. The summed E-state index contributed by atoms with van der Waals surface area (Å²) < 4.78 is 6.42. The quantitative estimate of drug-likeness (QED) is 0.793. The van der Waals surface area contributed by atoms with Crippen molar-refractivity contribution < 1.29 is 9.53 Å². The lowest BCUT2D eigenvalue weighted by molar-refractivity contribution is -0.123. The number of benzene rings is 1. The largest absolute Gasteiger partial charge is 0.496 e. The Morgan fingerprint density at radius 3 is 2.83 bits per heavy atom. The smallest absolute Gasteiger partial charge is 0.234 e. The van der Waals surface area contributed by atoms with Crippen LogP contribution in [0.4, 0.5) is 0 Å². The number of rotatable bonds is 6. The number of hydrogen-bond donors (Lipinski definition) is 1. The highest BCUT2D eigenvalue weighted by molar-refractivity contribution is 9.10. The molecule has 5 heteroatoms. The van der Waals surface area contributed by atoms with Crippen molar-refractivity contribution >= 4 is 21.8 Å². The first-order valence-corrected chi connectivity index (χ1v) is 9.50. The third-order valence-corrected chi connectivity index (χ3v) is 5.64. The molecule has 0 unspecified atom stereocenters. The first kappa shape index (κ1) is 19.3. The van der Waals surface area contributed by atoms with E-state index in [0.29, 0.717) is 31.0 Å². The van der Waals surface area contributed by atoms with Gasteiger partial charge in [0.2, 0.25) is 5.91 Å². The number of amides is 1. The van der Waals surface area contributed by atoms with Crippen molar-refractivity contribution in [2.75, 3.05) is 20.7 Å². The maximum atomic E-state index is 12.4. The molecule has 1 aliphatic rings. The van der Waals surface area contributed by atoms with E-state index in [2.05, 4.69) is 35.1 Å². The minimum Gasteiger partial charge on any atom is -0.496 e. The lowest BCUT2D eigenvalue weighted by Crippen LogP contribution is -2.46. The second kappa shape index (κ2) is 8.86. The zero-order valence-electron chi connectivity index (χ0n) is 15.1. The lowest BCUT2D eigenvalue weighted by Gasteiger charge is -2.35. The molecule has 0 bridgehead atoms. The van der Waals surface area contributed by atoms with Crippen LogP contribution in [-0.2, 0) is 11.3 Å². The van der Waals surface area contributed by atoms with Crippen LogP contribution in [0.3, 0.4) is 0 Å². The van der Waals surface area contributed by atoms with Crippen LogP contribution < -0.4 is 10.1 Å². The average molecular weight is 397 g/mol. The molecule has 0 heterocycles. The van der Waals surface area contributed by atoms with E-state index < -0.39 is 0 Å². The number of ether oxygens (including phenoxy) is 1. The summed E-state index contributed by atoms with van der Waals surface area (Å²) in [5.41, 5.74) is 1.07. The van der Waals surface area contributed by atoms with Gasteiger partial charge in [-0.1, -0.05) is 42.6 Å². The van der Waals surface area contributed by atoms with Gasteiger partial charge < -0.3 is 10.1 Å². The number of carbonyl (C=O) groups is 1. The molecule has 134 valence electrons. The summed E-state index contributed by atoms with van der Waals surface area (Å²) in [6.07, 6.45) is 3.58. The van der Waals surface area contributed by atoms with Crippen molar-refractivity contribution in [2.24, 2.45) is 11.8 Å². The molecule has 0 aromatic heterocycles. The van der Waals surface area contributed by atoms with Crippen molar-refractivity contribution in [3.05, 3.63) is 28.2 Å². The Labute approximate surface area is 154 Å². The number of hydrogen-bond acceptors (Lipinski definition) is 3. The lowest BCUT2D eigenvalue weighted by atomic mass is 9.78. The molecule has 24 heavy (non-hydrogen) atoms. The van der Waals surface area contributed by atoms with Gasteiger partial charge in [0.25, 0.3) is 0 Å². The van der Waals surface area contributed by atoms with Crippen LogP contribution >= 0.6 is 15.9 Å². The second-order valence-electron chi connectivity index (χ2n) is 7.07. The minimum atomic E-state index is 0.109. The van der Waals surface area contributed by atoms with Gasteiger partial charge in [-0.3, -0.25) is 9.69 Å². The van der Waals surface area contributed by atoms with Crippen LogP contribution in [0.2, 0.25) is 0 Å². The van der Waals surface area contributed by atoms with Crippen LogP contribution in [0.5, 0.6) is 5.75 Å². The molecular weight excluding hydrogens is 368 g/mol. The van der Waals surface area contributed by atoms with Gasteiger partial charge in [-0.2, -0.15) is 0 Å². The normalized spacial score (nSPS) is 24.0. The molecule has 0 saturated heterocycles. The Kier molecular flexibility index (Phi) is 7.11. The molecule has 0 aliphatic heterocycles. The standard InChI is InChI=1S/C19H29BrN2O2/c1-13-6-5-7-17(14(13)2)21-19(23)12-22(3)11-15-10-16(20)8-9-18(15)24-4/h8-10,13-14,17H,5-7,11-12H2,1-4H3,(H,21,23)/t13-,14+,17-/m0/s1. The van der Waals surface area contributed by atoms with Crippen molar-refractivity contribution in [1.29, 1.82) is 0 Å². The van der Waals surface area contributed by atoms with Crippen LogP contribution in [0.25, 0.3) is 0 Å². The van der Waals surface area contributed by atoms with Gasteiger partial charge in [0.05, 0.1) is 13.7 Å². The highest BCUT2D eigenvalue weighted by atomic mass is 79.9. The molecule has 1 fully saturated rings. The number of nitrogens with zero attached hydrogens (tertiary/aromatic N) is 1. The van der Waals surface area contributed by atoms with E-state index in [1.54, 1.807) is 7.11 Å². The summed E-state index contributed by atoms with van der Waals surface area (Å²) in [4.78, 5) is 14.4. The van der Waals surface area contributed by atoms with Crippen LogP contribution in [0.1, 0.15) is 38.7 Å². The zero-order valence-corrected chi connectivity index (χ0v) is 16.7. The SMILES string of the molecule is COc1ccc(Br)cc1CN(C)CC(=O)N[C@H]1CCC[C@H](C)[C@H]1C. The van der Waals surface area contributed by atoms with Gasteiger partial charge in [0.1, 0.15) is 5.75 Å². The van der Waals surface area contributed by atoms with Crippen molar-refractivity contribution in [1.82, 2.24) is 10.2 Å². The molecular formula is C19H29BrN2O2. The summed E-state index contributed by atoms with van der Waals surface area (Å²) in [5, 5.41) is 3.23. The summed E-state index contributed by atoms with van der Waals surface area (Å²) >= 11 is 3.49. The number of likely N-dealkylation sites (N-methyl/N-ethyl adjacent to an activating group) is 1. The fraction of sp³-hybridized carbons (Fsp3) is 0.632. The van der Waals surface area contributed by atoms with Crippen molar-refractivity contribution in [2.45, 2.75) is 45.7 Å². The Bertz CT molecular complexity index is 564. The average Bonchev–Trinajstić information content (AvgIpc) is 2.52. The van der Waals surface area contributed by atoms with Crippen LogP contribution in [0, 0.1) is 11.8 Å². The maximum Gasteiger partial charge on any atom is 0.234 e. The minimum absolute atomic E-state index is 0.109. The van der Waals surface area contributed by atoms with Crippen molar-refractivity contribution in [3.8, 4) is 5.75 Å². The molecule has 4 nitrogen and oxygen atoms in total. The zero-order chi connectivity index (χ0) is 17.7. The Morgan fingerprint density at radius 2 is 2.12 bits per heavy atom. The second-order valence-corrected chi connectivity index (χ2v) is 7.99. The van der Waals surface area contributed by atoms with Gasteiger partial charge in [-0.05, 0) is 43.5 Å². The van der Waals surface area contributed by atoms with E-state index in [4.69, 9.17) is 4.74 Å². The van der Waals surface area contributed by atoms with Crippen LogP contribution in [0.15, 0.2) is 22.7 Å². The topological polar surface area (TPSA) is 41.6 Å². The Morgan fingerprint density at radius 1 is 1.38 bits per heavy atom. The van der Waals surface area contributed by atoms with Gasteiger partial charge in [-0.25, -0.2) is 0 Å². The Hall–Kier alpha value is -1.07. The van der Waals surface area contributed by atoms with E-state index in [1.807, 2.05) is 30.1 Å². The van der Waals surface area contributed by atoms with Gasteiger partial charge in [-0.15, -0.1) is 0 Å². The summed E-state index contributed by atoms with van der Waals surface area (Å²) in [6.45, 7) is 5.61. The molecule has 1 saturated carbocycles. The third kappa shape index (κ3) is 5.21. The monoisotopic (exact) mass is 396 g/mol. The summed E-state index contributed by atoms with van der Waals surface area (Å²) in [7, 11) is 3.64.